The van der Waals surface area contributed by atoms with Crippen molar-refractivity contribution in [3.63, 3.8) is 0 Å². The SMILES string of the molecule is Cc1cc(C)n(Cc2cccc(C(=O)Nc3cc(-c4cccs4)[nH]n3)c2)n1. The molecule has 2 N–H and O–H groups in total. The van der Waals surface area contributed by atoms with Crippen molar-refractivity contribution in [1.29, 1.82) is 0 Å². The zero-order valence-corrected chi connectivity index (χ0v) is 15.9. The first-order valence-corrected chi connectivity index (χ1v) is 9.47. The van der Waals surface area contributed by atoms with Crippen molar-refractivity contribution in [2.75, 3.05) is 5.32 Å². The number of anilines is 1. The topological polar surface area (TPSA) is 75.6 Å². The standard InChI is InChI=1S/C20H19N5OS/c1-13-9-14(2)25(24-13)12-15-5-3-6-16(10-15)20(26)21-19-11-17(22-23-19)18-7-4-8-27-18/h3-11H,12H2,1-2H3,(H2,21,22,23,26). The molecule has 0 aliphatic rings. The van der Waals surface area contributed by atoms with E-state index in [2.05, 4.69) is 20.6 Å². The molecule has 3 heterocycles. The number of nitrogens with zero attached hydrogens (tertiary/aromatic N) is 3. The zero-order chi connectivity index (χ0) is 18.8. The summed E-state index contributed by atoms with van der Waals surface area (Å²) in [7, 11) is 0. The number of carbonyl (C=O) groups is 1. The number of aromatic nitrogens is 4. The third-order valence-corrected chi connectivity index (χ3v) is 5.13. The lowest BCUT2D eigenvalue weighted by Gasteiger charge is -2.07. The summed E-state index contributed by atoms with van der Waals surface area (Å²) in [4.78, 5) is 13.7. The quantitative estimate of drug-likeness (QED) is 0.546. The molecule has 0 radical (unpaired) electrons. The van der Waals surface area contributed by atoms with E-state index in [-0.39, 0.29) is 5.91 Å². The number of hydrogen-bond donors (Lipinski definition) is 2. The molecule has 0 bridgehead atoms. The fraction of sp³-hybridized carbons (Fsp3) is 0.150. The number of aromatic amines is 1. The number of carbonyl (C=O) groups excluding carboxylic acids is 1. The number of benzene rings is 1. The van der Waals surface area contributed by atoms with Gasteiger partial charge >= 0.3 is 0 Å². The summed E-state index contributed by atoms with van der Waals surface area (Å²) in [6.45, 7) is 4.63. The molecule has 0 atom stereocenters. The Morgan fingerprint density at radius 1 is 1.19 bits per heavy atom. The molecule has 0 spiro atoms. The average Bonchev–Trinajstić information content (AvgIpc) is 3.37. The smallest absolute Gasteiger partial charge is 0.256 e. The summed E-state index contributed by atoms with van der Waals surface area (Å²) in [5.41, 5.74) is 4.59. The molecular formula is C20H19N5OS. The predicted octanol–water partition coefficient (Wildman–Crippen LogP) is 4.25. The minimum atomic E-state index is -0.186. The van der Waals surface area contributed by atoms with Crippen molar-refractivity contribution < 1.29 is 4.79 Å². The number of nitrogens with one attached hydrogen (secondary N) is 2. The van der Waals surface area contributed by atoms with E-state index in [0.717, 1.165) is 27.5 Å². The Balaban J connectivity index is 1.48. The van der Waals surface area contributed by atoms with Gasteiger partial charge in [-0.2, -0.15) is 10.2 Å². The minimum absolute atomic E-state index is 0.186. The molecule has 0 aliphatic carbocycles. The summed E-state index contributed by atoms with van der Waals surface area (Å²) in [5, 5.41) is 16.5. The van der Waals surface area contributed by atoms with Crippen molar-refractivity contribution in [2.45, 2.75) is 20.4 Å². The molecule has 3 aromatic heterocycles. The molecule has 0 fully saturated rings. The van der Waals surface area contributed by atoms with E-state index in [9.17, 15) is 4.79 Å². The van der Waals surface area contributed by atoms with Crippen LogP contribution in [0.1, 0.15) is 27.3 Å². The summed E-state index contributed by atoms with van der Waals surface area (Å²) in [5.74, 6) is 0.321. The van der Waals surface area contributed by atoms with Crippen LogP contribution in [0.2, 0.25) is 0 Å². The maximum atomic E-state index is 12.6. The van der Waals surface area contributed by atoms with Gasteiger partial charge < -0.3 is 5.32 Å². The van der Waals surface area contributed by atoms with Crippen LogP contribution in [0.15, 0.2) is 53.9 Å². The molecule has 0 saturated carbocycles. The Morgan fingerprint density at radius 3 is 2.81 bits per heavy atom. The van der Waals surface area contributed by atoms with E-state index in [1.165, 1.54) is 0 Å². The minimum Gasteiger partial charge on any atom is -0.305 e. The van der Waals surface area contributed by atoms with Crippen LogP contribution in [0.25, 0.3) is 10.6 Å². The van der Waals surface area contributed by atoms with Gasteiger partial charge in [0.05, 0.1) is 22.8 Å². The van der Waals surface area contributed by atoms with Gasteiger partial charge in [-0.1, -0.05) is 18.2 Å². The highest BCUT2D eigenvalue weighted by molar-refractivity contribution is 7.13. The van der Waals surface area contributed by atoms with Crippen LogP contribution >= 0.6 is 11.3 Å². The first kappa shape index (κ1) is 17.2. The molecule has 1 aromatic carbocycles. The first-order valence-electron chi connectivity index (χ1n) is 8.59. The molecular weight excluding hydrogens is 358 g/mol. The summed E-state index contributed by atoms with van der Waals surface area (Å²) in [6, 6.07) is 15.4. The second-order valence-corrected chi connectivity index (χ2v) is 7.33. The van der Waals surface area contributed by atoms with Gasteiger partial charge in [-0.15, -0.1) is 11.3 Å². The Labute approximate surface area is 160 Å². The van der Waals surface area contributed by atoms with Crippen molar-refractivity contribution in [3.8, 4) is 10.6 Å². The monoisotopic (exact) mass is 377 g/mol. The van der Waals surface area contributed by atoms with E-state index < -0.39 is 0 Å². The van der Waals surface area contributed by atoms with E-state index in [4.69, 9.17) is 0 Å². The molecule has 0 unspecified atom stereocenters. The Bertz CT molecular complexity index is 1080. The van der Waals surface area contributed by atoms with Crippen LogP contribution < -0.4 is 5.32 Å². The van der Waals surface area contributed by atoms with Gasteiger partial charge in [-0.25, -0.2) is 0 Å². The second kappa shape index (κ2) is 7.20. The fourth-order valence-corrected chi connectivity index (χ4v) is 3.64. The molecule has 136 valence electrons. The Kier molecular flexibility index (Phi) is 4.60. The highest BCUT2D eigenvalue weighted by Gasteiger charge is 2.11. The van der Waals surface area contributed by atoms with Gasteiger partial charge in [-0.3, -0.25) is 14.6 Å². The van der Waals surface area contributed by atoms with E-state index in [1.54, 1.807) is 17.4 Å². The van der Waals surface area contributed by atoms with Crippen molar-refractivity contribution >= 4 is 23.1 Å². The largest absolute Gasteiger partial charge is 0.305 e. The van der Waals surface area contributed by atoms with Gasteiger partial charge in [0.2, 0.25) is 0 Å². The lowest BCUT2D eigenvalue weighted by Crippen LogP contribution is -2.13. The van der Waals surface area contributed by atoms with Crippen LogP contribution in [-0.4, -0.2) is 25.9 Å². The third-order valence-electron chi connectivity index (χ3n) is 4.23. The first-order chi connectivity index (χ1) is 13.1. The summed E-state index contributed by atoms with van der Waals surface area (Å²) in [6.07, 6.45) is 0. The maximum Gasteiger partial charge on any atom is 0.256 e. The van der Waals surface area contributed by atoms with E-state index >= 15 is 0 Å². The molecule has 0 aliphatic heterocycles. The van der Waals surface area contributed by atoms with Gasteiger partial charge in [0.25, 0.3) is 5.91 Å². The van der Waals surface area contributed by atoms with Gasteiger partial charge in [0.1, 0.15) is 0 Å². The van der Waals surface area contributed by atoms with E-state index in [0.29, 0.717) is 17.9 Å². The lowest BCUT2D eigenvalue weighted by atomic mass is 10.1. The molecule has 4 rings (SSSR count). The number of amides is 1. The number of rotatable bonds is 5. The molecule has 7 heteroatoms. The van der Waals surface area contributed by atoms with Crippen LogP contribution in [0.4, 0.5) is 5.82 Å². The van der Waals surface area contributed by atoms with Crippen molar-refractivity contribution in [3.05, 3.63) is 76.4 Å². The number of hydrogen-bond acceptors (Lipinski definition) is 4. The van der Waals surface area contributed by atoms with Gasteiger partial charge in [-0.05, 0) is 49.1 Å². The van der Waals surface area contributed by atoms with Gasteiger partial charge in [0, 0.05) is 17.3 Å². The van der Waals surface area contributed by atoms with Crippen molar-refractivity contribution in [2.24, 2.45) is 0 Å². The Hall–Kier alpha value is -3.19. The third kappa shape index (κ3) is 3.83. The lowest BCUT2D eigenvalue weighted by molar-refractivity contribution is 0.102. The van der Waals surface area contributed by atoms with Gasteiger partial charge in [0.15, 0.2) is 5.82 Å². The number of aryl methyl sites for hydroxylation is 2. The molecule has 0 saturated heterocycles. The molecule has 4 aromatic rings. The summed E-state index contributed by atoms with van der Waals surface area (Å²) >= 11 is 1.62. The molecule has 6 nitrogen and oxygen atoms in total. The zero-order valence-electron chi connectivity index (χ0n) is 15.1. The number of H-pyrrole nitrogens is 1. The van der Waals surface area contributed by atoms with Crippen LogP contribution in [0.5, 0.6) is 0 Å². The second-order valence-electron chi connectivity index (χ2n) is 6.38. The van der Waals surface area contributed by atoms with Crippen LogP contribution in [-0.2, 0) is 6.54 Å². The van der Waals surface area contributed by atoms with E-state index in [1.807, 2.05) is 66.4 Å². The Morgan fingerprint density at radius 2 is 2.07 bits per heavy atom. The normalized spacial score (nSPS) is 10.9. The maximum absolute atomic E-state index is 12.6. The van der Waals surface area contributed by atoms with Crippen LogP contribution in [0, 0.1) is 13.8 Å². The highest BCUT2D eigenvalue weighted by atomic mass is 32.1. The fourth-order valence-electron chi connectivity index (χ4n) is 2.95. The highest BCUT2D eigenvalue weighted by Crippen LogP contribution is 2.24. The summed E-state index contributed by atoms with van der Waals surface area (Å²) < 4.78 is 1.94. The molecule has 1 amide bonds. The average molecular weight is 377 g/mol. The van der Waals surface area contributed by atoms with Crippen LogP contribution in [0.3, 0.4) is 0 Å². The number of thiophene rings is 1. The van der Waals surface area contributed by atoms with Crippen molar-refractivity contribution in [1.82, 2.24) is 20.0 Å². The predicted molar refractivity (Wildman–Crippen MR) is 107 cm³/mol. The molecule has 27 heavy (non-hydrogen) atoms.